The van der Waals surface area contributed by atoms with Crippen LogP contribution >= 0.6 is 0 Å². The highest BCUT2D eigenvalue weighted by atomic mass is 16.3. The van der Waals surface area contributed by atoms with Crippen LogP contribution in [0.25, 0.3) is 0 Å². The largest absolute Gasteiger partial charge is 0.391 e. The van der Waals surface area contributed by atoms with Crippen LogP contribution < -0.4 is 5.73 Å². The number of rotatable bonds is 4. The van der Waals surface area contributed by atoms with Crippen molar-refractivity contribution in [3.05, 3.63) is 34.9 Å². The maximum atomic E-state index is 10.1. The summed E-state index contributed by atoms with van der Waals surface area (Å²) in [4.78, 5) is 0. The molecule has 0 aliphatic heterocycles. The molecular weight excluding hydrogens is 198 g/mol. The van der Waals surface area contributed by atoms with E-state index in [1.807, 2.05) is 13.0 Å². The van der Waals surface area contributed by atoms with E-state index in [1.165, 1.54) is 11.1 Å². The summed E-state index contributed by atoms with van der Waals surface area (Å²) in [6.07, 6.45) is 0.479. The van der Waals surface area contributed by atoms with Crippen molar-refractivity contribution < 1.29 is 5.11 Å². The van der Waals surface area contributed by atoms with E-state index in [2.05, 4.69) is 32.9 Å². The molecule has 0 aliphatic carbocycles. The fraction of sp³-hybridized carbons (Fsp3) is 0.571. The molecule has 0 aromatic heterocycles. The summed E-state index contributed by atoms with van der Waals surface area (Å²) >= 11 is 0. The Bertz CT molecular complexity index is 349. The summed E-state index contributed by atoms with van der Waals surface area (Å²) in [7, 11) is 0. The second kappa shape index (κ2) is 5.46. The summed E-state index contributed by atoms with van der Waals surface area (Å²) in [5, 5.41) is 10.1. The molecular formula is C14H23NO. The van der Waals surface area contributed by atoms with E-state index in [0.717, 1.165) is 12.0 Å². The normalized spacial score (nSPS) is 16.9. The van der Waals surface area contributed by atoms with Crippen molar-refractivity contribution in [1.82, 2.24) is 0 Å². The molecule has 16 heavy (non-hydrogen) atoms. The van der Waals surface area contributed by atoms with Gasteiger partial charge in [-0.1, -0.05) is 38.5 Å². The van der Waals surface area contributed by atoms with E-state index in [9.17, 15) is 5.11 Å². The lowest BCUT2D eigenvalue weighted by Crippen LogP contribution is -2.31. The monoisotopic (exact) mass is 221 g/mol. The fourth-order valence-corrected chi connectivity index (χ4v) is 1.76. The number of aliphatic hydroxyl groups excluding tert-OH is 1. The van der Waals surface area contributed by atoms with Gasteiger partial charge in [0.2, 0.25) is 0 Å². The van der Waals surface area contributed by atoms with Crippen LogP contribution in [0, 0.1) is 19.8 Å². The molecule has 1 unspecified atom stereocenters. The first-order valence-electron chi connectivity index (χ1n) is 5.98. The minimum atomic E-state index is -0.466. The Balaban J connectivity index is 2.87. The van der Waals surface area contributed by atoms with E-state index in [-0.39, 0.29) is 12.0 Å². The lowest BCUT2D eigenvalue weighted by molar-refractivity contribution is 0.0880. The van der Waals surface area contributed by atoms with Crippen molar-refractivity contribution in [2.45, 2.75) is 46.3 Å². The minimum Gasteiger partial charge on any atom is -0.391 e. The highest BCUT2D eigenvalue weighted by Gasteiger charge is 2.21. The standard InChI is InChI=1S/C14H23NO/c1-5-9(2)14(16)13(15)12-7-6-10(3)11(4)8-12/h6-9,13-14,16H,5,15H2,1-4H3/t9?,13-,14+/m0/s1. The van der Waals surface area contributed by atoms with Crippen molar-refractivity contribution in [2.75, 3.05) is 0 Å². The molecule has 0 spiro atoms. The first-order chi connectivity index (χ1) is 7.47. The van der Waals surface area contributed by atoms with Crippen LogP contribution in [0.15, 0.2) is 18.2 Å². The Hall–Kier alpha value is -0.860. The summed E-state index contributed by atoms with van der Waals surface area (Å²) in [5.41, 5.74) is 9.59. The maximum absolute atomic E-state index is 10.1. The van der Waals surface area contributed by atoms with Gasteiger partial charge in [0.25, 0.3) is 0 Å². The smallest absolute Gasteiger partial charge is 0.0758 e. The third-order valence-electron chi connectivity index (χ3n) is 3.51. The molecule has 0 aliphatic rings. The molecule has 0 saturated carbocycles. The Kier molecular flexibility index (Phi) is 4.51. The molecule has 0 fully saturated rings. The van der Waals surface area contributed by atoms with Crippen LogP contribution in [0.2, 0.25) is 0 Å². The quantitative estimate of drug-likeness (QED) is 0.821. The molecule has 1 rings (SSSR count). The molecule has 1 aromatic carbocycles. The van der Waals surface area contributed by atoms with Crippen LogP contribution in [0.5, 0.6) is 0 Å². The molecule has 90 valence electrons. The lowest BCUT2D eigenvalue weighted by Gasteiger charge is -2.24. The van der Waals surface area contributed by atoms with Crippen LogP contribution in [0.4, 0.5) is 0 Å². The summed E-state index contributed by atoms with van der Waals surface area (Å²) in [5.74, 6) is 0.233. The Morgan fingerprint density at radius 1 is 1.25 bits per heavy atom. The zero-order valence-electron chi connectivity index (χ0n) is 10.7. The molecule has 2 nitrogen and oxygen atoms in total. The van der Waals surface area contributed by atoms with E-state index < -0.39 is 6.10 Å². The SMILES string of the molecule is CCC(C)[C@@H](O)[C@@H](N)c1ccc(C)c(C)c1. The van der Waals surface area contributed by atoms with E-state index in [0.29, 0.717) is 0 Å². The van der Waals surface area contributed by atoms with Gasteiger partial charge in [-0.05, 0) is 36.5 Å². The van der Waals surface area contributed by atoms with E-state index in [4.69, 9.17) is 5.73 Å². The number of nitrogens with two attached hydrogens (primary N) is 1. The molecule has 0 bridgehead atoms. The first-order valence-corrected chi connectivity index (χ1v) is 5.98. The lowest BCUT2D eigenvalue weighted by atomic mass is 9.90. The van der Waals surface area contributed by atoms with Gasteiger partial charge in [-0.25, -0.2) is 0 Å². The van der Waals surface area contributed by atoms with Gasteiger partial charge in [0.05, 0.1) is 12.1 Å². The van der Waals surface area contributed by atoms with Gasteiger partial charge in [-0.3, -0.25) is 0 Å². The number of aryl methyl sites for hydroxylation is 2. The van der Waals surface area contributed by atoms with Crippen LogP contribution in [0.3, 0.4) is 0 Å². The highest BCUT2D eigenvalue weighted by Crippen LogP contribution is 2.23. The van der Waals surface area contributed by atoms with Gasteiger partial charge < -0.3 is 10.8 Å². The second-order valence-corrected chi connectivity index (χ2v) is 4.75. The van der Waals surface area contributed by atoms with Crippen LogP contribution in [-0.2, 0) is 0 Å². The van der Waals surface area contributed by atoms with E-state index in [1.54, 1.807) is 0 Å². The van der Waals surface area contributed by atoms with Crippen LogP contribution in [0.1, 0.15) is 43.0 Å². The Labute approximate surface area is 98.5 Å². The predicted molar refractivity (Wildman–Crippen MR) is 68.3 cm³/mol. The molecule has 3 atom stereocenters. The average molecular weight is 221 g/mol. The maximum Gasteiger partial charge on any atom is 0.0758 e. The third-order valence-corrected chi connectivity index (χ3v) is 3.51. The van der Waals surface area contributed by atoms with Crippen molar-refractivity contribution in [3.63, 3.8) is 0 Å². The topological polar surface area (TPSA) is 46.2 Å². The highest BCUT2D eigenvalue weighted by molar-refractivity contribution is 5.32. The molecule has 1 aromatic rings. The molecule has 0 radical (unpaired) electrons. The van der Waals surface area contributed by atoms with Gasteiger partial charge in [-0.2, -0.15) is 0 Å². The first kappa shape index (κ1) is 13.2. The number of aliphatic hydroxyl groups is 1. The molecule has 0 amide bonds. The van der Waals surface area contributed by atoms with Gasteiger partial charge >= 0.3 is 0 Å². The van der Waals surface area contributed by atoms with Crippen molar-refractivity contribution >= 4 is 0 Å². The third kappa shape index (κ3) is 2.83. The Morgan fingerprint density at radius 2 is 1.88 bits per heavy atom. The molecule has 0 saturated heterocycles. The van der Waals surface area contributed by atoms with Crippen molar-refractivity contribution in [1.29, 1.82) is 0 Å². The number of hydrogen-bond donors (Lipinski definition) is 2. The second-order valence-electron chi connectivity index (χ2n) is 4.75. The van der Waals surface area contributed by atoms with Gasteiger partial charge in [-0.15, -0.1) is 0 Å². The molecule has 0 heterocycles. The number of benzene rings is 1. The van der Waals surface area contributed by atoms with Crippen LogP contribution in [-0.4, -0.2) is 11.2 Å². The van der Waals surface area contributed by atoms with E-state index >= 15 is 0 Å². The van der Waals surface area contributed by atoms with Gasteiger partial charge in [0.15, 0.2) is 0 Å². The van der Waals surface area contributed by atoms with Crippen molar-refractivity contribution in [3.8, 4) is 0 Å². The minimum absolute atomic E-state index is 0.233. The zero-order chi connectivity index (χ0) is 12.3. The predicted octanol–water partition coefficient (Wildman–Crippen LogP) is 2.71. The fourth-order valence-electron chi connectivity index (χ4n) is 1.76. The molecule has 2 heteroatoms. The number of hydrogen-bond acceptors (Lipinski definition) is 2. The van der Waals surface area contributed by atoms with Gasteiger partial charge in [0, 0.05) is 0 Å². The molecule has 3 N–H and O–H groups in total. The summed E-state index contributed by atoms with van der Waals surface area (Å²) in [6.45, 7) is 8.25. The zero-order valence-corrected chi connectivity index (χ0v) is 10.7. The summed E-state index contributed by atoms with van der Waals surface area (Å²) < 4.78 is 0. The Morgan fingerprint density at radius 3 is 2.38 bits per heavy atom. The van der Waals surface area contributed by atoms with Crippen molar-refractivity contribution in [2.24, 2.45) is 11.7 Å². The summed E-state index contributed by atoms with van der Waals surface area (Å²) in [6, 6.07) is 5.87. The van der Waals surface area contributed by atoms with Gasteiger partial charge in [0.1, 0.15) is 0 Å². The average Bonchev–Trinajstić information content (AvgIpc) is 2.29.